The quantitative estimate of drug-likeness (QED) is 0.741. The van der Waals surface area contributed by atoms with E-state index in [1.165, 1.54) is 0 Å². The van der Waals surface area contributed by atoms with E-state index in [1.807, 2.05) is 30.5 Å². The minimum Gasteiger partial charge on any atom is -0.441 e. The Labute approximate surface area is 114 Å². The van der Waals surface area contributed by atoms with Gasteiger partial charge < -0.3 is 9.40 Å². The second kappa shape index (κ2) is 4.90. The van der Waals surface area contributed by atoms with Crippen LogP contribution >= 0.6 is 11.6 Å². The first-order chi connectivity index (χ1) is 9.24. The summed E-state index contributed by atoms with van der Waals surface area (Å²) in [6, 6.07) is 7.97. The van der Waals surface area contributed by atoms with Crippen LogP contribution in [0.5, 0.6) is 0 Å². The summed E-state index contributed by atoms with van der Waals surface area (Å²) < 4.78 is 5.64. The Kier molecular flexibility index (Phi) is 3.09. The normalized spacial score (nSPS) is 11.0. The van der Waals surface area contributed by atoms with Crippen LogP contribution in [0, 0.1) is 0 Å². The number of aromatic amines is 1. The highest BCUT2D eigenvalue weighted by molar-refractivity contribution is 6.63. The molecule has 4 nitrogen and oxygen atoms in total. The SMILES string of the molecule is O=C(Cl)CCc1ncc(-c2c[nH]c3ccccc23)o1. The van der Waals surface area contributed by atoms with Crippen molar-refractivity contribution in [3.05, 3.63) is 42.5 Å². The number of hydrogen-bond acceptors (Lipinski definition) is 3. The predicted molar refractivity (Wildman–Crippen MR) is 73.0 cm³/mol. The molecule has 2 aromatic heterocycles. The Morgan fingerprint density at radius 3 is 3.05 bits per heavy atom. The molecule has 0 bridgehead atoms. The van der Waals surface area contributed by atoms with Crippen LogP contribution in [0.3, 0.4) is 0 Å². The van der Waals surface area contributed by atoms with Crippen molar-refractivity contribution in [2.75, 3.05) is 0 Å². The minimum atomic E-state index is -0.383. The maximum Gasteiger partial charge on any atom is 0.222 e. The van der Waals surface area contributed by atoms with Gasteiger partial charge in [-0.3, -0.25) is 4.79 Å². The zero-order chi connectivity index (χ0) is 13.2. The molecule has 0 saturated carbocycles. The number of aryl methyl sites for hydroxylation is 1. The standard InChI is InChI=1S/C14H11ClN2O2/c15-13(18)5-6-14-17-8-12(19-14)10-7-16-11-4-2-1-3-9(10)11/h1-4,7-8,16H,5-6H2. The van der Waals surface area contributed by atoms with E-state index in [0.717, 1.165) is 16.5 Å². The van der Waals surface area contributed by atoms with Crippen LogP contribution in [0.25, 0.3) is 22.2 Å². The third kappa shape index (κ3) is 2.39. The summed E-state index contributed by atoms with van der Waals surface area (Å²) in [7, 11) is 0. The lowest BCUT2D eigenvalue weighted by atomic mass is 10.1. The van der Waals surface area contributed by atoms with Gasteiger partial charge in [-0.1, -0.05) is 18.2 Å². The number of nitrogens with zero attached hydrogens (tertiary/aromatic N) is 1. The van der Waals surface area contributed by atoms with Gasteiger partial charge in [0.2, 0.25) is 5.24 Å². The number of para-hydroxylation sites is 1. The van der Waals surface area contributed by atoms with Gasteiger partial charge >= 0.3 is 0 Å². The Bertz CT molecular complexity index is 730. The molecule has 3 rings (SSSR count). The lowest BCUT2D eigenvalue weighted by Crippen LogP contribution is -1.90. The summed E-state index contributed by atoms with van der Waals surface area (Å²) in [5.74, 6) is 1.21. The molecule has 0 aliphatic carbocycles. The van der Waals surface area contributed by atoms with Crippen molar-refractivity contribution in [1.82, 2.24) is 9.97 Å². The maximum atomic E-state index is 10.7. The summed E-state index contributed by atoms with van der Waals surface area (Å²) in [6.07, 6.45) is 4.21. The largest absolute Gasteiger partial charge is 0.441 e. The van der Waals surface area contributed by atoms with E-state index in [9.17, 15) is 4.79 Å². The molecule has 1 aromatic carbocycles. The molecule has 19 heavy (non-hydrogen) atoms. The van der Waals surface area contributed by atoms with Crippen LogP contribution < -0.4 is 0 Å². The fourth-order valence-corrected chi connectivity index (χ4v) is 2.13. The zero-order valence-corrected chi connectivity index (χ0v) is 10.8. The predicted octanol–water partition coefficient (Wildman–Crippen LogP) is 3.52. The average molecular weight is 275 g/mol. The van der Waals surface area contributed by atoms with E-state index < -0.39 is 0 Å². The van der Waals surface area contributed by atoms with Crippen molar-refractivity contribution < 1.29 is 9.21 Å². The van der Waals surface area contributed by atoms with Gasteiger partial charge in [0, 0.05) is 35.5 Å². The van der Waals surface area contributed by atoms with Gasteiger partial charge in [-0.25, -0.2) is 4.98 Å². The van der Waals surface area contributed by atoms with Crippen molar-refractivity contribution in [2.24, 2.45) is 0 Å². The first-order valence-corrected chi connectivity index (χ1v) is 6.31. The molecule has 0 unspecified atom stereocenters. The second-order valence-electron chi connectivity index (χ2n) is 4.22. The molecular formula is C14H11ClN2O2. The number of fused-ring (bicyclic) bond motifs is 1. The molecule has 0 radical (unpaired) electrons. The minimum absolute atomic E-state index is 0.232. The number of halogens is 1. The Morgan fingerprint density at radius 2 is 2.21 bits per heavy atom. The maximum absolute atomic E-state index is 10.7. The topological polar surface area (TPSA) is 58.9 Å². The second-order valence-corrected chi connectivity index (χ2v) is 4.64. The fourth-order valence-electron chi connectivity index (χ4n) is 2.03. The molecule has 0 spiro atoms. The summed E-state index contributed by atoms with van der Waals surface area (Å²) in [4.78, 5) is 18.1. The summed E-state index contributed by atoms with van der Waals surface area (Å²) >= 11 is 5.30. The smallest absolute Gasteiger partial charge is 0.222 e. The molecule has 0 fully saturated rings. The van der Waals surface area contributed by atoms with Crippen LogP contribution in [-0.2, 0) is 11.2 Å². The van der Waals surface area contributed by atoms with Crippen LogP contribution in [0.15, 0.2) is 41.1 Å². The monoisotopic (exact) mass is 274 g/mol. The van der Waals surface area contributed by atoms with E-state index >= 15 is 0 Å². The molecule has 0 aliphatic rings. The van der Waals surface area contributed by atoms with Gasteiger partial charge in [0.25, 0.3) is 0 Å². The van der Waals surface area contributed by atoms with Crippen LogP contribution in [0.4, 0.5) is 0 Å². The highest BCUT2D eigenvalue weighted by Crippen LogP contribution is 2.29. The van der Waals surface area contributed by atoms with Crippen molar-refractivity contribution in [3.63, 3.8) is 0 Å². The van der Waals surface area contributed by atoms with E-state index in [2.05, 4.69) is 9.97 Å². The summed E-state index contributed by atoms with van der Waals surface area (Å²) in [6.45, 7) is 0. The lowest BCUT2D eigenvalue weighted by Gasteiger charge is -1.94. The van der Waals surface area contributed by atoms with Gasteiger partial charge in [0.1, 0.15) is 0 Å². The molecule has 1 N–H and O–H groups in total. The molecule has 0 atom stereocenters. The molecule has 3 aromatic rings. The Hall–Kier alpha value is -2.07. The van der Waals surface area contributed by atoms with E-state index in [0.29, 0.717) is 18.1 Å². The molecule has 0 saturated heterocycles. The number of carbonyl (C=O) groups excluding carboxylic acids is 1. The highest BCUT2D eigenvalue weighted by Gasteiger charge is 2.11. The van der Waals surface area contributed by atoms with Gasteiger partial charge in [-0.15, -0.1) is 0 Å². The molecule has 96 valence electrons. The molecule has 2 heterocycles. The summed E-state index contributed by atoms with van der Waals surface area (Å²) in [5.41, 5.74) is 2.01. The van der Waals surface area contributed by atoms with Crippen LogP contribution in [-0.4, -0.2) is 15.2 Å². The van der Waals surface area contributed by atoms with Gasteiger partial charge in [0.05, 0.1) is 6.20 Å². The number of carbonyl (C=O) groups is 1. The highest BCUT2D eigenvalue weighted by atomic mass is 35.5. The van der Waals surface area contributed by atoms with E-state index in [1.54, 1.807) is 6.20 Å². The van der Waals surface area contributed by atoms with Crippen LogP contribution in [0.2, 0.25) is 0 Å². The van der Waals surface area contributed by atoms with Crippen molar-refractivity contribution in [2.45, 2.75) is 12.8 Å². The first kappa shape index (κ1) is 12.0. The average Bonchev–Trinajstić information content (AvgIpc) is 3.02. The van der Waals surface area contributed by atoms with Crippen molar-refractivity contribution in [1.29, 1.82) is 0 Å². The van der Waals surface area contributed by atoms with Crippen LogP contribution in [0.1, 0.15) is 12.3 Å². The number of rotatable bonds is 4. The third-order valence-corrected chi connectivity index (χ3v) is 3.13. The molecule has 0 aliphatic heterocycles. The van der Waals surface area contributed by atoms with Crippen molar-refractivity contribution >= 4 is 27.7 Å². The van der Waals surface area contributed by atoms with Crippen molar-refractivity contribution in [3.8, 4) is 11.3 Å². The molecular weight excluding hydrogens is 264 g/mol. The van der Waals surface area contributed by atoms with E-state index in [4.69, 9.17) is 16.0 Å². The number of oxazole rings is 1. The summed E-state index contributed by atoms with van der Waals surface area (Å²) in [5, 5.41) is 0.700. The first-order valence-electron chi connectivity index (χ1n) is 5.93. The number of aromatic nitrogens is 2. The van der Waals surface area contributed by atoms with Gasteiger partial charge in [0.15, 0.2) is 11.7 Å². The lowest BCUT2D eigenvalue weighted by molar-refractivity contribution is -0.111. The Morgan fingerprint density at radius 1 is 1.37 bits per heavy atom. The zero-order valence-electron chi connectivity index (χ0n) is 10.0. The fraction of sp³-hybridized carbons (Fsp3) is 0.143. The van der Waals surface area contributed by atoms with E-state index in [-0.39, 0.29) is 11.7 Å². The third-order valence-electron chi connectivity index (χ3n) is 2.94. The van der Waals surface area contributed by atoms with Gasteiger partial charge in [-0.05, 0) is 17.7 Å². The number of nitrogens with one attached hydrogen (secondary N) is 1. The van der Waals surface area contributed by atoms with Gasteiger partial charge in [-0.2, -0.15) is 0 Å². The Balaban J connectivity index is 1.92. The molecule has 0 amide bonds. The number of H-pyrrole nitrogens is 1. The number of hydrogen-bond donors (Lipinski definition) is 1. The number of benzene rings is 1. The molecule has 5 heteroatoms.